The van der Waals surface area contributed by atoms with Crippen molar-refractivity contribution in [1.29, 1.82) is 0 Å². The topological polar surface area (TPSA) is 42.4 Å². The molecule has 1 aliphatic heterocycles. The number of rotatable bonds is 5. The first-order valence-corrected chi connectivity index (χ1v) is 12.2. The van der Waals surface area contributed by atoms with E-state index < -0.39 is 0 Å². The predicted octanol–water partition coefficient (Wildman–Crippen LogP) is 7.29. The normalized spacial score (nSPS) is 12.7. The molecule has 0 atom stereocenters. The van der Waals surface area contributed by atoms with Crippen molar-refractivity contribution in [2.75, 3.05) is 11.5 Å². The van der Waals surface area contributed by atoms with Gasteiger partial charge in [-0.05, 0) is 83.4 Å². The Morgan fingerprint density at radius 2 is 1.32 bits per heavy atom. The molecule has 0 N–H and O–H groups in total. The number of pyridine rings is 1. The summed E-state index contributed by atoms with van der Waals surface area (Å²) in [6.07, 6.45) is 0. The van der Waals surface area contributed by atoms with Crippen LogP contribution in [-0.2, 0) is 11.3 Å². The van der Waals surface area contributed by atoms with Gasteiger partial charge in [0.1, 0.15) is 17.4 Å². The van der Waals surface area contributed by atoms with Crippen LogP contribution in [-0.4, -0.2) is 17.5 Å². The summed E-state index contributed by atoms with van der Waals surface area (Å²) in [5, 5.41) is 0. The zero-order chi connectivity index (χ0) is 26.1. The van der Waals surface area contributed by atoms with Gasteiger partial charge in [0.05, 0.1) is 23.6 Å². The van der Waals surface area contributed by atoms with Crippen molar-refractivity contribution in [1.82, 2.24) is 4.98 Å². The van der Waals surface area contributed by atoms with Crippen LogP contribution in [0.5, 0.6) is 5.75 Å². The molecule has 1 aliphatic rings. The molecule has 0 saturated carbocycles. The maximum atomic E-state index is 13.6. The van der Waals surface area contributed by atoms with Crippen LogP contribution in [0.15, 0.2) is 109 Å². The zero-order valence-corrected chi connectivity index (χ0v) is 20.3. The maximum Gasteiger partial charge on any atom is 0.265 e. The Hall–Kier alpha value is -4.84. The third kappa shape index (κ3) is 4.76. The highest BCUT2D eigenvalue weighted by atomic mass is 19.1. The highest BCUT2D eigenvalue weighted by Crippen LogP contribution is 2.38. The number of carbonyl (C=O) groups is 1. The molecule has 0 saturated heterocycles. The van der Waals surface area contributed by atoms with E-state index in [2.05, 4.69) is 0 Å². The van der Waals surface area contributed by atoms with Gasteiger partial charge in [0, 0.05) is 11.1 Å². The lowest BCUT2D eigenvalue weighted by Crippen LogP contribution is -2.38. The summed E-state index contributed by atoms with van der Waals surface area (Å²) in [5.41, 5.74) is 6.41. The van der Waals surface area contributed by atoms with Gasteiger partial charge >= 0.3 is 0 Å². The molecule has 0 fully saturated rings. The number of hydrogen-bond donors (Lipinski definition) is 0. The Balaban J connectivity index is 1.45. The molecule has 1 amide bonds. The second-order valence-electron chi connectivity index (χ2n) is 9.08. The van der Waals surface area contributed by atoms with E-state index in [1.165, 1.54) is 24.3 Å². The molecule has 4 aromatic carbocycles. The van der Waals surface area contributed by atoms with Gasteiger partial charge in [-0.3, -0.25) is 4.79 Å². The van der Waals surface area contributed by atoms with Crippen molar-refractivity contribution in [3.63, 3.8) is 0 Å². The SMILES string of the molecule is O=C1COc2ccc(-c3cc(-c4ccccc4)cc(-c4ccc(F)cc4)n3)cc2N1Cc1ccc(F)cc1. The Kier molecular flexibility index (Phi) is 6.14. The molecule has 0 aliphatic carbocycles. The molecule has 0 bridgehead atoms. The third-order valence-electron chi connectivity index (χ3n) is 6.52. The van der Waals surface area contributed by atoms with Crippen LogP contribution in [0.2, 0.25) is 0 Å². The summed E-state index contributed by atoms with van der Waals surface area (Å²) in [4.78, 5) is 19.4. The van der Waals surface area contributed by atoms with E-state index in [0.29, 0.717) is 22.8 Å². The minimum absolute atomic E-state index is 0.0655. The molecule has 6 heteroatoms. The van der Waals surface area contributed by atoms with Gasteiger partial charge < -0.3 is 9.64 Å². The first kappa shape index (κ1) is 23.6. The summed E-state index contributed by atoms with van der Waals surface area (Å²) in [7, 11) is 0. The van der Waals surface area contributed by atoms with Gasteiger partial charge in [0.25, 0.3) is 5.91 Å². The number of fused-ring (bicyclic) bond motifs is 1. The number of ether oxygens (including phenoxy) is 1. The number of carbonyl (C=O) groups excluding carboxylic acids is 1. The van der Waals surface area contributed by atoms with Gasteiger partial charge in [-0.2, -0.15) is 0 Å². The minimum atomic E-state index is -0.328. The molecule has 0 spiro atoms. The zero-order valence-electron chi connectivity index (χ0n) is 20.3. The Morgan fingerprint density at radius 3 is 2.03 bits per heavy atom. The summed E-state index contributed by atoms with van der Waals surface area (Å²) in [6.45, 7) is 0.223. The highest BCUT2D eigenvalue weighted by Gasteiger charge is 2.26. The quantitative estimate of drug-likeness (QED) is 0.253. The number of nitrogens with zero attached hydrogens (tertiary/aromatic N) is 2. The van der Waals surface area contributed by atoms with Crippen molar-refractivity contribution in [2.45, 2.75) is 6.54 Å². The summed E-state index contributed by atoms with van der Waals surface area (Å²) in [6, 6.07) is 31.9. The number of benzene rings is 4. The number of anilines is 1. The first-order valence-electron chi connectivity index (χ1n) is 12.2. The van der Waals surface area contributed by atoms with E-state index in [1.54, 1.807) is 29.2 Å². The number of amides is 1. The van der Waals surface area contributed by atoms with Crippen molar-refractivity contribution in [2.24, 2.45) is 0 Å². The molecular weight excluding hydrogens is 482 g/mol. The van der Waals surface area contributed by atoms with Gasteiger partial charge in [-0.1, -0.05) is 42.5 Å². The predicted molar refractivity (Wildman–Crippen MR) is 144 cm³/mol. The van der Waals surface area contributed by atoms with Crippen LogP contribution < -0.4 is 9.64 Å². The molecule has 2 heterocycles. The largest absolute Gasteiger partial charge is 0.482 e. The fourth-order valence-electron chi connectivity index (χ4n) is 4.55. The molecule has 6 rings (SSSR count). The van der Waals surface area contributed by atoms with E-state index >= 15 is 0 Å². The number of halogens is 2. The fraction of sp³-hybridized carbons (Fsp3) is 0.0625. The van der Waals surface area contributed by atoms with E-state index in [-0.39, 0.29) is 30.7 Å². The van der Waals surface area contributed by atoms with E-state index in [4.69, 9.17) is 9.72 Å². The average Bonchev–Trinajstić information content (AvgIpc) is 2.96. The van der Waals surface area contributed by atoms with Gasteiger partial charge in [-0.15, -0.1) is 0 Å². The first-order chi connectivity index (χ1) is 18.5. The van der Waals surface area contributed by atoms with Gasteiger partial charge in [-0.25, -0.2) is 13.8 Å². The van der Waals surface area contributed by atoms with Crippen LogP contribution in [0, 0.1) is 11.6 Å². The third-order valence-corrected chi connectivity index (χ3v) is 6.52. The second kappa shape index (κ2) is 9.90. The Bertz CT molecular complexity index is 1620. The minimum Gasteiger partial charge on any atom is -0.482 e. The van der Waals surface area contributed by atoms with Gasteiger partial charge in [0.15, 0.2) is 6.61 Å². The molecule has 0 unspecified atom stereocenters. The number of hydrogen-bond acceptors (Lipinski definition) is 3. The Labute approximate surface area is 218 Å². The lowest BCUT2D eigenvalue weighted by molar-refractivity contribution is -0.121. The Morgan fingerprint density at radius 1 is 0.684 bits per heavy atom. The van der Waals surface area contributed by atoms with Crippen molar-refractivity contribution >= 4 is 11.6 Å². The molecular formula is C32H22F2N2O2. The van der Waals surface area contributed by atoms with Crippen LogP contribution in [0.4, 0.5) is 14.5 Å². The van der Waals surface area contributed by atoms with Crippen LogP contribution in [0.1, 0.15) is 5.56 Å². The molecule has 5 aromatic rings. The van der Waals surface area contributed by atoms with E-state index in [1.807, 2.05) is 60.7 Å². The van der Waals surface area contributed by atoms with Crippen LogP contribution >= 0.6 is 0 Å². The van der Waals surface area contributed by atoms with Gasteiger partial charge in [0.2, 0.25) is 0 Å². The number of aromatic nitrogens is 1. The van der Waals surface area contributed by atoms with Crippen molar-refractivity contribution in [3.05, 3.63) is 126 Å². The summed E-state index contributed by atoms with van der Waals surface area (Å²) in [5.74, 6) is -0.231. The van der Waals surface area contributed by atoms with Crippen molar-refractivity contribution < 1.29 is 18.3 Å². The molecule has 38 heavy (non-hydrogen) atoms. The average molecular weight is 505 g/mol. The standard InChI is InChI=1S/C32H22F2N2O2/c33-26-11-6-21(7-12-26)19-36-30-18-24(10-15-31(30)38-20-32(36)37)29-17-25(22-4-2-1-3-5-22)16-28(35-29)23-8-13-27(34)14-9-23/h1-18H,19-20H2. The van der Waals surface area contributed by atoms with Crippen molar-refractivity contribution in [3.8, 4) is 39.4 Å². The van der Waals surface area contributed by atoms with E-state index in [9.17, 15) is 13.6 Å². The van der Waals surface area contributed by atoms with E-state index in [0.717, 1.165) is 27.8 Å². The monoisotopic (exact) mass is 504 g/mol. The lowest BCUT2D eigenvalue weighted by atomic mass is 9.99. The van der Waals surface area contributed by atoms with Crippen LogP contribution in [0.3, 0.4) is 0 Å². The smallest absolute Gasteiger partial charge is 0.265 e. The molecule has 0 radical (unpaired) electrons. The lowest BCUT2D eigenvalue weighted by Gasteiger charge is -2.30. The molecule has 1 aromatic heterocycles. The summed E-state index contributed by atoms with van der Waals surface area (Å²) < 4.78 is 32.7. The highest BCUT2D eigenvalue weighted by molar-refractivity contribution is 5.98. The second-order valence-corrected chi connectivity index (χ2v) is 9.08. The van der Waals surface area contributed by atoms with Crippen LogP contribution in [0.25, 0.3) is 33.6 Å². The summed E-state index contributed by atoms with van der Waals surface area (Å²) >= 11 is 0. The molecule has 186 valence electrons. The fourth-order valence-corrected chi connectivity index (χ4v) is 4.55. The molecule has 4 nitrogen and oxygen atoms in total. The maximum absolute atomic E-state index is 13.6.